The van der Waals surface area contributed by atoms with Crippen molar-refractivity contribution >= 4 is 15.9 Å². The van der Waals surface area contributed by atoms with Crippen LogP contribution in [0.3, 0.4) is 0 Å². The highest BCUT2D eigenvalue weighted by Crippen LogP contribution is 2.03. The fraction of sp³-hybridized carbons (Fsp3) is 0.417. The van der Waals surface area contributed by atoms with Crippen LogP contribution < -0.4 is 10.0 Å². The Labute approximate surface area is 112 Å². The van der Waals surface area contributed by atoms with E-state index in [9.17, 15) is 17.6 Å². The number of benzene rings is 1. The third-order valence-electron chi connectivity index (χ3n) is 2.29. The molecule has 0 radical (unpaired) electrons. The molecule has 0 aliphatic carbocycles. The molecule has 7 heteroatoms. The van der Waals surface area contributed by atoms with Crippen LogP contribution in [0.1, 0.15) is 12.0 Å². The smallest absolute Gasteiger partial charge is 0.224 e. The van der Waals surface area contributed by atoms with Gasteiger partial charge in [0.25, 0.3) is 0 Å². The first-order valence-corrected chi connectivity index (χ1v) is 7.72. The Kier molecular flexibility index (Phi) is 5.91. The second kappa shape index (κ2) is 7.20. The zero-order valence-corrected chi connectivity index (χ0v) is 11.5. The third kappa shape index (κ3) is 7.53. The molecule has 0 unspecified atom stereocenters. The lowest BCUT2D eigenvalue weighted by atomic mass is 10.1. The molecule has 0 heterocycles. The van der Waals surface area contributed by atoms with E-state index in [1.807, 2.05) is 0 Å². The molecule has 0 fully saturated rings. The molecule has 1 aromatic carbocycles. The molecule has 19 heavy (non-hydrogen) atoms. The Morgan fingerprint density at radius 2 is 2.05 bits per heavy atom. The van der Waals surface area contributed by atoms with Crippen molar-refractivity contribution in [1.82, 2.24) is 10.0 Å². The van der Waals surface area contributed by atoms with Gasteiger partial charge in [0.15, 0.2) is 0 Å². The summed E-state index contributed by atoms with van der Waals surface area (Å²) >= 11 is 0. The topological polar surface area (TPSA) is 75.3 Å². The van der Waals surface area contributed by atoms with Gasteiger partial charge in [-0.15, -0.1) is 0 Å². The van der Waals surface area contributed by atoms with Crippen LogP contribution in [0.15, 0.2) is 24.3 Å². The molecule has 2 N–H and O–H groups in total. The van der Waals surface area contributed by atoms with Crippen molar-refractivity contribution in [3.8, 4) is 0 Å². The standard InChI is InChI=1S/C12H17FN2O3S/c1-19(17,18)15-7-3-6-14-12(16)9-10-4-2-5-11(13)8-10/h2,4-5,8,15H,3,6-7,9H2,1H3,(H,14,16). The van der Waals surface area contributed by atoms with Gasteiger partial charge in [-0.1, -0.05) is 12.1 Å². The molecule has 0 spiro atoms. The van der Waals surface area contributed by atoms with Crippen LogP contribution in [0.2, 0.25) is 0 Å². The van der Waals surface area contributed by atoms with Crippen molar-refractivity contribution < 1.29 is 17.6 Å². The largest absolute Gasteiger partial charge is 0.356 e. The first-order chi connectivity index (χ1) is 8.87. The molecule has 0 saturated carbocycles. The molecule has 106 valence electrons. The number of nitrogens with one attached hydrogen (secondary N) is 2. The Morgan fingerprint density at radius 1 is 1.32 bits per heavy atom. The molecule has 1 rings (SSSR count). The Balaban J connectivity index is 2.22. The molecule has 1 amide bonds. The lowest BCUT2D eigenvalue weighted by molar-refractivity contribution is -0.120. The number of carbonyl (C=O) groups is 1. The van der Waals surface area contributed by atoms with Crippen molar-refractivity contribution in [2.24, 2.45) is 0 Å². The van der Waals surface area contributed by atoms with E-state index < -0.39 is 10.0 Å². The zero-order valence-electron chi connectivity index (χ0n) is 10.6. The number of halogens is 1. The summed E-state index contributed by atoms with van der Waals surface area (Å²) in [6.45, 7) is 0.649. The zero-order chi connectivity index (χ0) is 14.3. The average molecular weight is 288 g/mol. The highest BCUT2D eigenvalue weighted by molar-refractivity contribution is 7.88. The lowest BCUT2D eigenvalue weighted by Gasteiger charge is -2.06. The van der Waals surface area contributed by atoms with Crippen LogP contribution in [-0.2, 0) is 21.2 Å². The molecule has 0 bridgehead atoms. The summed E-state index contributed by atoms with van der Waals surface area (Å²) in [6, 6.07) is 5.85. The maximum absolute atomic E-state index is 12.9. The van der Waals surface area contributed by atoms with Gasteiger partial charge in [-0.25, -0.2) is 17.5 Å². The molecule has 0 aliphatic rings. The molecule has 0 aliphatic heterocycles. The van der Waals surface area contributed by atoms with E-state index in [0.29, 0.717) is 18.5 Å². The molecular weight excluding hydrogens is 271 g/mol. The minimum absolute atomic E-state index is 0.108. The maximum Gasteiger partial charge on any atom is 0.224 e. The minimum Gasteiger partial charge on any atom is -0.356 e. The average Bonchev–Trinajstić information content (AvgIpc) is 2.26. The van der Waals surface area contributed by atoms with Gasteiger partial charge in [0.2, 0.25) is 15.9 Å². The normalized spacial score (nSPS) is 11.3. The second-order valence-corrected chi connectivity index (χ2v) is 6.01. The Bertz CT molecular complexity index is 532. The van der Waals surface area contributed by atoms with Crippen molar-refractivity contribution in [3.63, 3.8) is 0 Å². The van der Waals surface area contributed by atoms with Crippen LogP contribution in [0, 0.1) is 5.82 Å². The lowest BCUT2D eigenvalue weighted by Crippen LogP contribution is -2.30. The Hall–Kier alpha value is -1.47. The van der Waals surface area contributed by atoms with E-state index in [2.05, 4.69) is 10.0 Å². The SMILES string of the molecule is CS(=O)(=O)NCCCNC(=O)Cc1cccc(F)c1. The fourth-order valence-corrected chi connectivity index (χ4v) is 1.98. The molecule has 0 saturated heterocycles. The van der Waals surface area contributed by atoms with Gasteiger partial charge in [-0.2, -0.15) is 0 Å². The van der Waals surface area contributed by atoms with Crippen LogP contribution in [0.25, 0.3) is 0 Å². The van der Waals surface area contributed by atoms with E-state index >= 15 is 0 Å². The summed E-state index contributed by atoms with van der Waals surface area (Å²) in [5.74, 6) is -0.590. The summed E-state index contributed by atoms with van der Waals surface area (Å²) in [7, 11) is -3.18. The number of carbonyl (C=O) groups excluding carboxylic acids is 1. The van der Waals surface area contributed by atoms with Crippen LogP contribution in [0.5, 0.6) is 0 Å². The maximum atomic E-state index is 12.9. The van der Waals surface area contributed by atoms with Crippen molar-refractivity contribution in [3.05, 3.63) is 35.6 Å². The van der Waals surface area contributed by atoms with Crippen molar-refractivity contribution in [1.29, 1.82) is 0 Å². The molecular formula is C12H17FN2O3S. The first-order valence-electron chi connectivity index (χ1n) is 5.82. The van der Waals surface area contributed by atoms with Crippen LogP contribution in [-0.4, -0.2) is 33.7 Å². The number of hydrogen-bond acceptors (Lipinski definition) is 3. The molecule has 5 nitrogen and oxygen atoms in total. The summed E-state index contributed by atoms with van der Waals surface area (Å²) in [6.07, 6.45) is 1.69. The van der Waals surface area contributed by atoms with E-state index in [0.717, 1.165) is 6.26 Å². The fourth-order valence-electron chi connectivity index (χ4n) is 1.47. The van der Waals surface area contributed by atoms with Gasteiger partial charge >= 0.3 is 0 Å². The van der Waals surface area contributed by atoms with Crippen molar-refractivity contribution in [2.75, 3.05) is 19.3 Å². The number of sulfonamides is 1. The predicted octanol–water partition coefficient (Wildman–Crippen LogP) is 0.424. The third-order valence-corrected chi connectivity index (χ3v) is 3.02. The number of hydrogen-bond donors (Lipinski definition) is 2. The van der Waals surface area contributed by atoms with Gasteiger partial charge in [0.05, 0.1) is 12.7 Å². The van der Waals surface area contributed by atoms with Gasteiger partial charge in [0, 0.05) is 13.1 Å². The highest BCUT2D eigenvalue weighted by Gasteiger charge is 2.04. The van der Waals surface area contributed by atoms with Gasteiger partial charge < -0.3 is 5.32 Å². The van der Waals surface area contributed by atoms with E-state index in [1.165, 1.54) is 12.1 Å². The summed E-state index contributed by atoms with van der Waals surface area (Å²) < 4.78 is 36.7. The Morgan fingerprint density at radius 3 is 2.68 bits per heavy atom. The quantitative estimate of drug-likeness (QED) is 0.714. The summed E-state index contributed by atoms with van der Waals surface area (Å²) in [5, 5.41) is 2.64. The molecule has 1 aromatic rings. The van der Waals surface area contributed by atoms with Crippen LogP contribution in [0.4, 0.5) is 4.39 Å². The number of rotatable bonds is 7. The minimum atomic E-state index is -3.18. The van der Waals surface area contributed by atoms with Gasteiger partial charge in [-0.3, -0.25) is 4.79 Å². The summed E-state index contributed by atoms with van der Waals surface area (Å²) in [4.78, 5) is 11.5. The summed E-state index contributed by atoms with van der Waals surface area (Å²) in [5.41, 5.74) is 0.603. The van der Waals surface area contributed by atoms with Gasteiger partial charge in [-0.05, 0) is 24.1 Å². The predicted molar refractivity (Wildman–Crippen MR) is 70.6 cm³/mol. The van der Waals surface area contributed by atoms with Gasteiger partial charge in [0.1, 0.15) is 5.82 Å². The monoisotopic (exact) mass is 288 g/mol. The van der Waals surface area contributed by atoms with E-state index in [1.54, 1.807) is 12.1 Å². The highest BCUT2D eigenvalue weighted by atomic mass is 32.2. The number of amides is 1. The first kappa shape index (κ1) is 15.6. The van der Waals surface area contributed by atoms with Crippen molar-refractivity contribution in [2.45, 2.75) is 12.8 Å². The molecule has 0 aromatic heterocycles. The van der Waals surface area contributed by atoms with E-state index in [4.69, 9.17) is 0 Å². The van der Waals surface area contributed by atoms with E-state index in [-0.39, 0.29) is 24.7 Å². The second-order valence-electron chi connectivity index (χ2n) is 4.18. The van der Waals surface area contributed by atoms with Crippen LogP contribution >= 0.6 is 0 Å². The molecule has 0 atom stereocenters.